The zero-order chi connectivity index (χ0) is 14.6. The van der Waals surface area contributed by atoms with Gasteiger partial charge in [-0.25, -0.2) is 0 Å². The zero-order valence-corrected chi connectivity index (χ0v) is 12.5. The Balaban J connectivity index is 2.41. The standard InChI is InChI=1S/C16H25N3O/c1-3-13-5-7-14(8-6-13)16(4-2,15(17)20)19-11-9-18-10-12-19/h5-8,18H,3-4,9-12H2,1-2H3,(H2,17,20). The molecule has 20 heavy (non-hydrogen) atoms. The summed E-state index contributed by atoms with van der Waals surface area (Å²) < 4.78 is 0. The van der Waals surface area contributed by atoms with Crippen LogP contribution in [0.2, 0.25) is 0 Å². The number of primary amides is 1. The van der Waals surface area contributed by atoms with Crippen LogP contribution < -0.4 is 11.1 Å². The fourth-order valence-electron chi connectivity index (χ4n) is 3.15. The van der Waals surface area contributed by atoms with Crippen LogP contribution in [0, 0.1) is 0 Å². The molecule has 1 atom stereocenters. The van der Waals surface area contributed by atoms with E-state index in [-0.39, 0.29) is 5.91 Å². The van der Waals surface area contributed by atoms with E-state index in [2.05, 4.69) is 41.4 Å². The molecule has 4 heteroatoms. The summed E-state index contributed by atoms with van der Waals surface area (Å²) in [5.41, 5.74) is 7.44. The van der Waals surface area contributed by atoms with Crippen LogP contribution in [-0.4, -0.2) is 37.0 Å². The van der Waals surface area contributed by atoms with E-state index < -0.39 is 5.54 Å². The fourth-order valence-corrected chi connectivity index (χ4v) is 3.15. The van der Waals surface area contributed by atoms with Gasteiger partial charge in [0.1, 0.15) is 5.54 Å². The lowest BCUT2D eigenvalue weighted by Crippen LogP contribution is -2.59. The van der Waals surface area contributed by atoms with Crippen LogP contribution in [0.3, 0.4) is 0 Å². The molecular formula is C16H25N3O. The third kappa shape index (κ3) is 2.58. The molecular weight excluding hydrogens is 250 g/mol. The average Bonchev–Trinajstić information content (AvgIpc) is 2.50. The van der Waals surface area contributed by atoms with Crippen molar-refractivity contribution in [2.45, 2.75) is 32.2 Å². The maximum Gasteiger partial charge on any atom is 0.242 e. The van der Waals surface area contributed by atoms with E-state index in [1.54, 1.807) is 0 Å². The second-order valence-corrected chi connectivity index (χ2v) is 5.37. The number of piperazine rings is 1. The van der Waals surface area contributed by atoms with Crippen LogP contribution in [0.25, 0.3) is 0 Å². The number of hydrogen-bond donors (Lipinski definition) is 2. The summed E-state index contributed by atoms with van der Waals surface area (Å²) in [4.78, 5) is 14.5. The van der Waals surface area contributed by atoms with Crippen molar-refractivity contribution < 1.29 is 4.79 Å². The monoisotopic (exact) mass is 275 g/mol. The summed E-state index contributed by atoms with van der Waals surface area (Å²) in [5, 5.41) is 3.33. The van der Waals surface area contributed by atoms with Crippen molar-refractivity contribution in [1.82, 2.24) is 10.2 Å². The molecule has 1 saturated heterocycles. The molecule has 110 valence electrons. The van der Waals surface area contributed by atoms with Crippen molar-refractivity contribution >= 4 is 5.91 Å². The summed E-state index contributed by atoms with van der Waals surface area (Å²) in [5.74, 6) is -0.244. The molecule has 0 radical (unpaired) electrons. The van der Waals surface area contributed by atoms with E-state index in [0.29, 0.717) is 6.42 Å². The fraction of sp³-hybridized carbons (Fsp3) is 0.562. The second kappa shape index (κ2) is 6.37. The molecule has 1 aromatic rings. The first-order valence-corrected chi connectivity index (χ1v) is 7.50. The van der Waals surface area contributed by atoms with Gasteiger partial charge >= 0.3 is 0 Å². The molecule has 1 aromatic carbocycles. The number of hydrogen-bond acceptors (Lipinski definition) is 3. The minimum Gasteiger partial charge on any atom is -0.368 e. The maximum atomic E-state index is 12.3. The van der Waals surface area contributed by atoms with E-state index in [1.165, 1.54) is 5.56 Å². The van der Waals surface area contributed by atoms with E-state index in [1.807, 2.05) is 6.92 Å². The Kier molecular flexibility index (Phi) is 4.78. The van der Waals surface area contributed by atoms with Crippen LogP contribution >= 0.6 is 0 Å². The number of nitrogens with one attached hydrogen (secondary N) is 1. The van der Waals surface area contributed by atoms with Gasteiger partial charge in [-0.15, -0.1) is 0 Å². The van der Waals surface area contributed by atoms with Crippen molar-refractivity contribution in [1.29, 1.82) is 0 Å². The van der Waals surface area contributed by atoms with Crippen molar-refractivity contribution in [3.63, 3.8) is 0 Å². The SMILES string of the molecule is CCc1ccc(C(CC)(C(N)=O)N2CCNCC2)cc1. The highest BCUT2D eigenvalue weighted by molar-refractivity contribution is 5.86. The largest absolute Gasteiger partial charge is 0.368 e. The molecule has 1 aliphatic heterocycles. The van der Waals surface area contributed by atoms with Gasteiger partial charge < -0.3 is 11.1 Å². The van der Waals surface area contributed by atoms with E-state index in [4.69, 9.17) is 5.73 Å². The summed E-state index contributed by atoms with van der Waals surface area (Å²) in [6.07, 6.45) is 1.71. The van der Waals surface area contributed by atoms with Gasteiger partial charge in [0.05, 0.1) is 0 Å². The molecule has 1 heterocycles. The van der Waals surface area contributed by atoms with Crippen LogP contribution in [-0.2, 0) is 16.8 Å². The first-order chi connectivity index (χ1) is 9.65. The van der Waals surface area contributed by atoms with Gasteiger partial charge in [0.15, 0.2) is 0 Å². The second-order valence-electron chi connectivity index (χ2n) is 5.37. The highest BCUT2D eigenvalue weighted by atomic mass is 16.1. The number of aryl methyl sites for hydroxylation is 1. The van der Waals surface area contributed by atoms with E-state index in [9.17, 15) is 4.79 Å². The van der Waals surface area contributed by atoms with Gasteiger partial charge in [-0.1, -0.05) is 38.1 Å². The van der Waals surface area contributed by atoms with E-state index >= 15 is 0 Å². The molecule has 1 fully saturated rings. The summed E-state index contributed by atoms with van der Waals surface area (Å²) in [7, 11) is 0. The predicted octanol–water partition coefficient (Wildman–Crippen LogP) is 1.24. The molecule has 0 aromatic heterocycles. The number of amides is 1. The third-order valence-corrected chi connectivity index (χ3v) is 4.42. The van der Waals surface area contributed by atoms with Crippen LogP contribution in [0.4, 0.5) is 0 Å². The number of benzene rings is 1. The minimum atomic E-state index is -0.672. The number of rotatable bonds is 5. The Morgan fingerprint density at radius 1 is 1.25 bits per heavy atom. The number of nitrogens with zero attached hydrogens (tertiary/aromatic N) is 1. The molecule has 3 N–H and O–H groups in total. The minimum absolute atomic E-state index is 0.244. The van der Waals surface area contributed by atoms with Gasteiger partial charge in [0.25, 0.3) is 0 Å². The van der Waals surface area contributed by atoms with Crippen molar-refractivity contribution in [2.24, 2.45) is 5.73 Å². The number of carbonyl (C=O) groups is 1. The van der Waals surface area contributed by atoms with Gasteiger partial charge in [-0.3, -0.25) is 9.69 Å². The van der Waals surface area contributed by atoms with E-state index in [0.717, 1.165) is 38.2 Å². The highest BCUT2D eigenvalue weighted by Gasteiger charge is 2.42. The van der Waals surface area contributed by atoms with Crippen LogP contribution in [0.15, 0.2) is 24.3 Å². The topological polar surface area (TPSA) is 58.4 Å². The molecule has 0 bridgehead atoms. The van der Waals surface area contributed by atoms with Crippen molar-refractivity contribution in [3.05, 3.63) is 35.4 Å². The molecule has 0 spiro atoms. The first kappa shape index (κ1) is 15.0. The molecule has 1 amide bonds. The number of nitrogens with two attached hydrogens (primary N) is 1. The third-order valence-electron chi connectivity index (χ3n) is 4.42. The molecule has 1 unspecified atom stereocenters. The van der Waals surface area contributed by atoms with Crippen molar-refractivity contribution in [2.75, 3.05) is 26.2 Å². The summed E-state index contributed by atoms with van der Waals surface area (Å²) >= 11 is 0. The predicted molar refractivity (Wildman–Crippen MR) is 81.4 cm³/mol. The molecule has 2 rings (SSSR count). The Hall–Kier alpha value is -1.39. The normalized spacial score (nSPS) is 19.5. The van der Waals surface area contributed by atoms with Gasteiger partial charge in [-0.05, 0) is 24.0 Å². The number of carbonyl (C=O) groups excluding carboxylic acids is 1. The smallest absolute Gasteiger partial charge is 0.242 e. The van der Waals surface area contributed by atoms with Crippen molar-refractivity contribution in [3.8, 4) is 0 Å². The van der Waals surface area contributed by atoms with Gasteiger partial charge in [0, 0.05) is 26.2 Å². The lowest BCUT2D eigenvalue weighted by molar-refractivity contribution is -0.132. The maximum absolute atomic E-state index is 12.3. The molecule has 1 aliphatic rings. The van der Waals surface area contributed by atoms with Crippen LogP contribution in [0.1, 0.15) is 31.4 Å². The Bertz CT molecular complexity index is 451. The van der Waals surface area contributed by atoms with Gasteiger partial charge in [-0.2, -0.15) is 0 Å². The average molecular weight is 275 g/mol. The highest BCUT2D eigenvalue weighted by Crippen LogP contribution is 2.32. The lowest BCUT2D eigenvalue weighted by Gasteiger charge is -2.43. The lowest BCUT2D eigenvalue weighted by atomic mass is 9.83. The molecule has 4 nitrogen and oxygen atoms in total. The van der Waals surface area contributed by atoms with Gasteiger partial charge in [0.2, 0.25) is 5.91 Å². The Labute approximate surface area is 121 Å². The zero-order valence-electron chi connectivity index (χ0n) is 12.5. The molecule has 0 aliphatic carbocycles. The summed E-state index contributed by atoms with van der Waals surface area (Å²) in [6.45, 7) is 7.69. The first-order valence-electron chi connectivity index (χ1n) is 7.50. The Morgan fingerprint density at radius 2 is 1.85 bits per heavy atom. The summed E-state index contributed by atoms with van der Waals surface area (Å²) in [6, 6.07) is 8.33. The Morgan fingerprint density at radius 3 is 2.30 bits per heavy atom. The molecule has 0 saturated carbocycles. The quantitative estimate of drug-likeness (QED) is 0.850. The van der Waals surface area contributed by atoms with Crippen LogP contribution in [0.5, 0.6) is 0 Å².